The maximum atomic E-state index is 11.4. The van der Waals surface area contributed by atoms with E-state index in [1.165, 1.54) is 6.92 Å². The Morgan fingerprint density at radius 2 is 2.10 bits per heavy atom. The van der Waals surface area contributed by atoms with Crippen LogP contribution in [0.15, 0.2) is 23.4 Å². The van der Waals surface area contributed by atoms with Gasteiger partial charge in [0, 0.05) is 17.5 Å². The van der Waals surface area contributed by atoms with Gasteiger partial charge in [0.25, 0.3) is 0 Å². The molecule has 5 heteroatoms. The highest BCUT2D eigenvalue weighted by molar-refractivity contribution is 5.94. The quantitative estimate of drug-likeness (QED) is 0.346. The van der Waals surface area contributed by atoms with Gasteiger partial charge in [-0.05, 0) is 37.5 Å². The van der Waals surface area contributed by atoms with Crippen LogP contribution in [-0.2, 0) is 11.4 Å². The van der Waals surface area contributed by atoms with E-state index < -0.39 is 0 Å². The molecule has 1 rings (SSSR count). The number of nitrogens with two attached hydrogens (primary N) is 1. The smallest absolute Gasteiger partial charge is 0.159 e. The summed E-state index contributed by atoms with van der Waals surface area (Å²) < 4.78 is 5.25. The number of Topliss-reactive ketones (excluding diaryl/α,β-unsaturated/α-hetero) is 1. The SMILES string of the molecule is COc1ccc(C(C)=O)cc1CO/N=C(\N)CCC(C)C. The lowest BCUT2D eigenvalue weighted by Gasteiger charge is -2.09. The Morgan fingerprint density at radius 1 is 1.38 bits per heavy atom. The van der Waals surface area contributed by atoms with Crippen LogP contribution >= 0.6 is 0 Å². The lowest BCUT2D eigenvalue weighted by atomic mass is 10.1. The molecule has 0 bridgehead atoms. The van der Waals surface area contributed by atoms with Gasteiger partial charge >= 0.3 is 0 Å². The maximum Gasteiger partial charge on any atom is 0.159 e. The number of ketones is 1. The number of carbonyl (C=O) groups is 1. The van der Waals surface area contributed by atoms with Crippen molar-refractivity contribution in [2.24, 2.45) is 16.8 Å². The number of carbonyl (C=O) groups excluding carboxylic acids is 1. The molecule has 1 aromatic carbocycles. The molecule has 0 aliphatic carbocycles. The molecular weight excluding hydrogens is 268 g/mol. The summed E-state index contributed by atoms with van der Waals surface area (Å²) in [6.07, 6.45) is 1.68. The van der Waals surface area contributed by atoms with Crippen LogP contribution in [0.3, 0.4) is 0 Å². The molecule has 116 valence electrons. The Morgan fingerprint density at radius 3 is 2.67 bits per heavy atom. The van der Waals surface area contributed by atoms with E-state index in [4.69, 9.17) is 15.3 Å². The highest BCUT2D eigenvalue weighted by Gasteiger charge is 2.08. The van der Waals surface area contributed by atoms with Gasteiger partial charge in [0.2, 0.25) is 0 Å². The van der Waals surface area contributed by atoms with E-state index in [2.05, 4.69) is 19.0 Å². The highest BCUT2D eigenvalue weighted by atomic mass is 16.6. The van der Waals surface area contributed by atoms with Crippen LogP contribution in [0.25, 0.3) is 0 Å². The average molecular weight is 292 g/mol. The summed E-state index contributed by atoms with van der Waals surface area (Å²) in [5, 5.41) is 3.90. The van der Waals surface area contributed by atoms with Gasteiger partial charge in [0.05, 0.1) is 7.11 Å². The zero-order valence-electron chi connectivity index (χ0n) is 13.2. The molecule has 2 N–H and O–H groups in total. The van der Waals surface area contributed by atoms with Crippen LogP contribution in [0.1, 0.15) is 49.5 Å². The minimum Gasteiger partial charge on any atom is -0.496 e. The topological polar surface area (TPSA) is 73.9 Å². The molecule has 0 aromatic heterocycles. The van der Waals surface area contributed by atoms with Gasteiger partial charge in [-0.3, -0.25) is 4.79 Å². The molecule has 0 heterocycles. The molecule has 0 radical (unpaired) electrons. The Bertz CT molecular complexity index is 510. The van der Waals surface area contributed by atoms with Crippen molar-refractivity contribution in [1.29, 1.82) is 0 Å². The number of nitrogens with zero attached hydrogens (tertiary/aromatic N) is 1. The van der Waals surface area contributed by atoms with Gasteiger partial charge in [-0.15, -0.1) is 0 Å². The number of ether oxygens (including phenoxy) is 1. The lowest BCUT2D eigenvalue weighted by Crippen LogP contribution is -2.13. The maximum absolute atomic E-state index is 11.4. The molecule has 0 spiro atoms. The average Bonchev–Trinajstić information content (AvgIpc) is 2.44. The van der Waals surface area contributed by atoms with Crippen molar-refractivity contribution in [1.82, 2.24) is 0 Å². The van der Waals surface area contributed by atoms with Crippen LogP contribution in [0.4, 0.5) is 0 Å². The second kappa shape index (κ2) is 8.29. The van der Waals surface area contributed by atoms with Crippen molar-refractivity contribution in [3.05, 3.63) is 29.3 Å². The fraction of sp³-hybridized carbons (Fsp3) is 0.500. The van der Waals surface area contributed by atoms with E-state index in [9.17, 15) is 4.79 Å². The number of amidine groups is 1. The molecule has 1 aromatic rings. The van der Waals surface area contributed by atoms with Gasteiger partial charge in [0.1, 0.15) is 18.2 Å². The second-order valence-corrected chi connectivity index (χ2v) is 5.37. The van der Waals surface area contributed by atoms with E-state index in [0.29, 0.717) is 29.5 Å². The van der Waals surface area contributed by atoms with Crippen molar-refractivity contribution in [3.8, 4) is 5.75 Å². The summed E-state index contributed by atoms with van der Waals surface area (Å²) in [5.41, 5.74) is 7.16. The zero-order chi connectivity index (χ0) is 15.8. The van der Waals surface area contributed by atoms with E-state index >= 15 is 0 Å². The standard InChI is InChI=1S/C16H24N2O3/c1-11(2)5-8-16(17)18-21-10-14-9-13(12(3)19)6-7-15(14)20-4/h6-7,9,11H,5,8,10H2,1-4H3,(H2,17,18). The van der Waals surface area contributed by atoms with Crippen molar-refractivity contribution >= 4 is 11.6 Å². The van der Waals surface area contributed by atoms with Gasteiger partial charge < -0.3 is 15.3 Å². The van der Waals surface area contributed by atoms with Gasteiger partial charge in [-0.25, -0.2) is 0 Å². The summed E-state index contributed by atoms with van der Waals surface area (Å²) in [5.74, 6) is 1.71. The van der Waals surface area contributed by atoms with E-state index in [1.54, 1.807) is 25.3 Å². The number of hydrogen-bond donors (Lipinski definition) is 1. The minimum absolute atomic E-state index is 0.00106. The van der Waals surface area contributed by atoms with Crippen LogP contribution in [-0.4, -0.2) is 18.7 Å². The molecule has 0 atom stereocenters. The first-order chi connectivity index (χ1) is 9.93. The van der Waals surface area contributed by atoms with Gasteiger partial charge in [-0.1, -0.05) is 19.0 Å². The Hall–Kier alpha value is -2.04. The predicted octanol–water partition coefficient (Wildman–Crippen LogP) is 3.12. The van der Waals surface area contributed by atoms with Crippen LogP contribution < -0.4 is 10.5 Å². The molecule has 0 saturated heterocycles. The van der Waals surface area contributed by atoms with Crippen molar-refractivity contribution in [2.75, 3.05) is 7.11 Å². The first-order valence-electron chi connectivity index (χ1n) is 7.06. The predicted molar refractivity (Wildman–Crippen MR) is 83.5 cm³/mol. The van der Waals surface area contributed by atoms with E-state index in [1.807, 2.05) is 0 Å². The van der Waals surface area contributed by atoms with Crippen molar-refractivity contribution < 1.29 is 14.4 Å². The molecule has 21 heavy (non-hydrogen) atoms. The van der Waals surface area contributed by atoms with Crippen LogP contribution in [0.5, 0.6) is 5.75 Å². The van der Waals surface area contributed by atoms with Crippen LogP contribution in [0, 0.1) is 5.92 Å². The largest absolute Gasteiger partial charge is 0.496 e. The summed E-state index contributed by atoms with van der Waals surface area (Å²) in [7, 11) is 1.58. The third-order valence-electron chi connectivity index (χ3n) is 3.07. The first kappa shape index (κ1) is 17.0. The summed E-state index contributed by atoms with van der Waals surface area (Å²) in [4.78, 5) is 16.7. The first-order valence-corrected chi connectivity index (χ1v) is 7.06. The monoisotopic (exact) mass is 292 g/mol. The minimum atomic E-state index is -0.00106. The molecule has 0 aliphatic heterocycles. The molecule has 5 nitrogen and oxygen atoms in total. The second-order valence-electron chi connectivity index (χ2n) is 5.37. The van der Waals surface area contributed by atoms with Gasteiger partial charge in [-0.2, -0.15) is 0 Å². The lowest BCUT2D eigenvalue weighted by molar-refractivity contribution is 0.101. The van der Waals surface area contributed by atoms with Gasteiger partial charge in [0.15, 0.2) is 5.78 Å². The summed E-state index contributed by atoms with van der Waals surface area (Å²) in [6.45, 7) is 6.00. The van der Waals surface area contributed by atoms with E-state index in [0.717, 1.165) is 12.0 Å². The van der Waals surface area contributed by atoms with Crippen molar-refractivity contribution in [2.45, 2.75) is 40.2 Å². The highest BCUT2D eigenvalue weighted by Crippen LogP contribution is 2.21. The summed E-state index contributed by atoms with van der Waals surface area (Å²) >= 11 is 0. The fourth-order valence-corrected chi connectivity index (χ4v) is 1.78. The number of oxime groups is 1. The molecule has 0 fully saturated rings. The molecule has 0 unspecified atom stereocenters. The zero-order valence-corrected chi connectivity index (χ0v) is 13.2. The van der Waals surface area contributed by atoms with Crippen LogP contribution in [0.2, 0.25) is 0 Å². The third-order valence-corrected chi connectivity index (χ3v) is 3.07. The number of hydrogen-bond acceptors (Lipinski definition) is 4. The Kier molecular flexibility index (Phi) is 6.72. The fourth-order valence-electron chi connectivity index (χ4n) is 1.78. The van der Waals surface area contributed by atoms with E-state index in [-0.39, 0.29) is 12.4 Å². The Labute approximate surface area is 126 Å². The number of rotatable bonds is 8. The normalized spacial score (nSPS) is 11.6. The number of methoxy groups -OCH3 is 1. The molecule has 0 amide bonds. The Balaban J connectivity index is 2.67. The number of benzene rings is 1. The molecular formula is C16H24N2O3. The molecule has 0 aliphatic rings. The van der Waals surface area contributed by atoms with Crippen molar-refractivity contribution in [3.63, 3.8) is 0 Å². The molecule has 0 saturated carbocycles. The third kappa shape index (κ3) is 5.85. The summed E-state index contributed by atoms with van der Waals surface area (Å²) in [6, 6.07) is 5.23.